The summed E-state index contributed by atoms with van der Waals surface area (Å²) < 4.78 is 1.07. The van der Waals surface area contributed by atoms with Crippen LogP contribution >= 0.6 is 28.1 Å². The SMILES string of the molecule is CN(Cc1cccc(Br)c1)C(N)=S. The quantitative estimate of drug-likeness (QED) is 0.825. The maximum atomic E-state index is 5.47. The van der Waals surface area contributed by atoms with E-state index < -0.39 is 0 Å². The molecular weight excluding hydrogens is 248 g/mol. The molecular formula is C9H11BrN2S. The molecule has 0 fully saturated rings. The predicted octanol–water partition coefficient (Wildman–Crippen LogP) is 2.12. The average Bonchev–Trinajstić information content (AvgIpc) is 2.04. The molecule has 0 aliphatic rings. The van der Waals surface area contributed by atoms with Crippen LogP contribution in [0.2, 0.25) is 0 Å². The van der Waals surface area contributed by atoms with Crippen LogP contribution < -0.4 is 5.73 Å². The molecule has 0 spiro atoms. The van der Waals surface area contributed by atoms with Gasteiger partial charge in [-0.1, -0.05) is 28.1 Å². The number of hydrogen-bond donors (Lipinski definition) is 1. The van der Waals surface area contributed by atoms with Crippen LogP contribution in [0.5, 0.6) is 0 Å². The maximum absolute atomic E-state index is 5.47. The van der Waals surface area contributed by atoms with Crippen molar-refractivity contribution < 1.29 is 0 Å². The van der Waals surface area contributed by atoms with Gasteiger partial charge in [0.15, 0.2) is 5.11 Å². The van der Waals surface area contributed by atoms with Crippen molar-refractivity contribution in [1.29, 1.82) is 0 Å². The van der Waals surface area contributed by atoms with Gasteiger partial charge in [0.2, 0.25) is 0 Å². The van der Waals surface area contributed by atoms with Crippen LogP contribution in [0.25, 0.3) is 0 Å². The van der Waals surface area contributed by atoms with Gasteiger partial charge in [-0.15, -0.1) is 0 Å². The zero-order valence-electron chi connectivity index (χ0n) is 7.33. The zero-order valence-corrected chi connectivity index (χ0v) is 9.73. The lowest BCUT2D eigenvalue weighted by Gasteiger charge is -2.16. The van der Waals surface area contributed by atoms with Gasteiger partial charge in [-0.25, -0.2) is 0 Å². The molecule has 0 atom stereocenters. The molecule has 0 saturated carbocycles. The van der Waals surface area contributed by atoms with Crippen LogP contribution in [0.1, 0.15) is 5.56 Å². The number of benzene rings is 1. The third-order valence-corrected chi connectivity index (χ3v) is 2.49. The smallest absolute Gasteiger partial charge is 0.166 e. The first kappa shape index (κ1) is 10.5. The fourth-order valence-corrected chi connectivity index (χ4v) is 1.50. The molecule has 0 amide bonds. The number of thiocarbonyl (C=S) groups is 1. The lowest BCUT2D eigenvalue weighted by molar-refractivity contribution is 0.504. The van der Waals surface area contributed by atoms with Crippen molar-refractivity contribution in [3.8, 4) is 0 Å². The monoisotopic (exact) mass is 258 g/mol. The first-order valence-corrected chi connectivity index (χ1v) is 5.04. The van der Waals surface area contributed by atoms with Gasteiger partial charge < -0.3 is 10.6 Å². The van der Waals surface area contributed by atoms with Crippen molar-refractivity contribution in [2.24, 2.45) is 5.73 Å². The Morgan fingerprint density at radius 3 is 2.85 bits per heavy atom. The molecule has 0 aliphatic heterocycles. The van der Waals surface area contributed by atoms with E-state index in [9.17, 15) is 0 Å². The van der Waals surface area contributed by atoms with Crippen LogP contribution in [0, 0.1) is 0 Å². The van der Waals surface area contributed by atoms with Gasteiger partial charge >= 0.3 is 0 Å². The van der Waals surface area contributed by atoms with Crippen molar-refractivity contribution in [2.45, 2.75) is 6.54 Å². The minimum Gasteiger partial charge on any atom is -0.376 e. The molecule has 0 aliphatic carbocycles. The Morgan fingerprint density at radius 2 is 2.31 bits per heavy atom. The van der Waals surface area contributed by atoms with E-state index in [1.807, 2.05) is 30.1 Å². The molecule has 4 heteroatoms. The van der Waals surface area contributed by atoms with Gasteiger partial charge in [-0.3, -0.25) is 0 Å². The molecule has 0 radical (unpaired) electrons. The van der Waals surface area contributed by atoms with Crippen LogP contribution in [-0.4, -0.2) is 17.1 Å². The molecule has 1 rings (SSSR count). The Balaban J connectivity index is 2.69. The lowest BCUT2D eigenvalue weighted by atomic mass is 10.2. The van der Waals surface area contributed by atoms with E-state index in [0.717, 1.165) is 11.0 Å². The van der Waals surface area contributed by atoms with E-state index in [2.05, 4.69) is 22.0 Å². The van der Waals surface area contributed by atoms with Gasteiger partial charge in [-0.05, 0) is 29.9 Å². The fourth-order valence-electron chi connectivity index (χ4n) is 0.987. The number of hydrogen-bond acceptors (Lipinski definition) is 1. The first-order chi connectivity index (χ1) is 6.09. The number of nitrogens with zero attached hydrogens (tertiary/aromatic N) is 1. The highest BCUT2D eigenvalue weighted by molar-refractivity contribution is 9.10. The summed E-state index contributed by atoms with van der Waals surface area (Å²) >= 11 is 8.25. The Hall–Kier alpha value is -0.610. The summed E-state index contributed by atoms with van der Waals surface area (Å²) in [6, 6.07) is 8.07. The number of rotatable bonds is 2. The van der Waals surface area contributed by atoms with Crippen molar-refractivity contribution in [2.75, 3.05) is 7.05 Å². The minimum absolute atomic E-state index is 0.417. The third-order valence-electron chi connectivity index (χ3n) is 1.68. The topological polar surface area (TPSA) is 29.3 Å². The summed E-state index contributed by atoms with van der Waals surface area (Å²) in [4.78, 5) is 1.83. The molecule has 13 heavy (non-hydrogen) atoms. The van der Waals surface area contributed by atoms with Gasteiger partial charge in [0.05, 0.1) is 0 Å². The van der Waals surface area contributed by atoms with Gasteiger partial charge in [0.25, 0.3) is 0 Å². The van der Waals surface area contributed by atoms with Crippen molar-refractivity contribution in [3.05, 3.63) is 34.3 Å². The normalized spacial score (nSPS) is 9.69. The van der Waals surface area contributed by atoms with Crippen molar-refractivity contribution in [3.63, 3.8) is 0 Å². The second kappa shape index (κ2) is 4.58. The molecule has 2 N–H and O–H groups in total. The lowest BCUT2D eigenvalue weighted by Crippen LogP contribution is -2.31. The second-order valence-electron chi connectivity index (χ2n) is 2.82. The molecule has 0 heterocycles. The van der Waals surface area contributed by atoms with Gasteiger partial charge in [0, 0.05) is 18.1 Å². The molecule has 1 aromatic rings. The highest BCUT2D eigenvalue weighted by Crippen LogP contribution is 2.12. The summed E-state index contributed by atoms with van der Waals surface area (Å²) in [5.41, 5.74) is 6.65. The molecule has 1 aromatic carbocycles. The van der Waals surface area contributed by atoms with Crippen LogP contribution in [-0.2, 0) is 6.54 Å². The van der Waals surface area contributed by atoms with E-state index >= 15 is 0 Å². The standard InChI is InChI=1S/C9H11BrN2S/c1-12(9(11)13)6-7-3-2-4-8(10)5-7/h2-5H,6H2,1H3,(H2,11,13). The number of halogens is 1. The van der Waals surface area contributed by atoms with Gasteiger partial charge in [-0.2, -0.15) is 0 Å². The van der Waals surface area contributed by atoms with E-state index in [1.54, 1.807) is 0 Å². The molecule has 0 aromatic heterocycles. The van der Waals surface area contributed by atoms with Crippen molar-refractivity contribution >= 4 is 33.3 Å². The maximum Gasteiger partial charge on any atom is 0.166 e. The fraction of sp³-hybridized carbons (Fsp3) is 0.222. The summed E-state index contributed by atoms with van der Waals surface area (Å²) in [5, 5.41) is 0.417. The van der Waals surface area contributed by atoms with E-state index in [1.165, 1.54) is 5.56 Å². The first-order valence-electron chi connectivity index (χ1n) is 3.84. The third kappa shape index (κ3) is 3.32. The Morgan fingerprint density at radius 1 is 1.62 bits per heavy atom. The molecule has 0 bridgehead atoms. The highest BCUT2D eigenvalue weighted by atomic mass is 79.9. The van der Waals surface area contributed by atoms with Crippen LogP contribution in [0.15, 0.2) is 28.7 Å². The van der Waals surface area contributed by atoms with E-state index in [-0.39, 0.29) is 0 Å². The van der Waals surface area contributed by atoms with Gasteiger partial charge in [0.1, 0.15) is 0 Å². The largest absolute Gasteiger partial charge is 0.376 e. The van der Waals surface area contributed by atoms with E-state index in [4.69, 9.17) is 18.0 Å². The Kier molecular flexibility index (Phi) is 3.69. The average molecular weight is 259 g/mol. The molecule has 0 unspecified atom stereocenters. The molecule has 70 valence electrons. The molecule has 2 nitrogen and oxygen atoms in total. The minimum atomic E-state index is 0.417. The zero-order chi connectivity index (χ0) is 9.84. The summed E-state index contributed by atoms with van der Waals surface area (Å²) in [6.45, 7) is 0.745. The second-order valence-corrected chi connectivity index (χ2v) is 4.16. The Bertz CT molecular complexity index is 314. The van der Waals surface area contributed by atoms with Crippen LogP contribution in [0.3, 0.4) is 0 Å². The summed E-state index contributed by atoms with van der Waals surface area (Å²) in [6.07, 6.45) is 0. The number of nitrogens with two attached hydrogens (primary N) is 1. The highest BCUT2D eigenvalue weighted by Gasteiger charge is 2.00. The van der Waals surface area contributed by atoms with Crippen molar-refractivity contribution in [1.82, 2.24) is 4.90 Å². The predicted molar refractivity (Wildman–Crippen MR) is 62.4 cm³/mol. The van der Waals surface area contributed by atoms with Crippen LogP contribution in [0.4, 0.5) is 0 Å². The summed E-state index contributed by atoms with van der Waals surface area (Å²) in [7, 11) is 1.88. The molecule has 0 saturated heterocycles. The van der Waals surface area contributed by atoms with E-state index in [0.29, 0.717) is 5.11 Å². The Labute approximate surface area is 91.9 Å². The summed E-state index contributed by atoms with van der Waals surface area (Å²) in [5.74, 6) is 0.